The van der Waals surface area contributed by atoms with Crippen molar-refractivity contribution in [3.63, 3.8) is 0 Å². The molecule has 1 N–H and O–H groups in total. The fourth-order valence-corrected chi connectivity index (χ4v) is 5.25. The van der Waals surface area contributed by atoms with Crippen LogP contribution in [0.15, 0.2) is 48.8 Å². The maximum Gasteiger partial charge on any atom is 0.255 e. The van der Waals surface area contributed by atoms with Gasteiger partial charge in [-0.25, -0.2) is 9.97 Å². The number of anilines is 1. The monoisotopic (exact) mass is 436 g/mol. The number of halogens is 1. The Bertz CT molecular complexity index is 1220. The first-order chi connectivity index (χ1) is 14.6. The molecule has 0 saturated carbocycles. The molecule has 0 spiro atoms. The fourth-order valence-electron chi connectivity index (χ4n) is 3.94. The van der Waals surface area contributed by atoms with E-state index in [4.69, 9.17) is 11.6 Å². The molecule has 3 heterocycles. The van der Waals surface area contributed by atoms with Crippen LogP contribution in [0.3, 0.4) is 0 Å². The Morgan fingerprint density at radius 3 is 2.77 bits per heavy atom. The predicted octanol–water partition coefficient (Wildman–Crippen LogP) is 5.91. The number of aromatic nitrogens is 2. The van der Waals surface area contributed by atoms with Crippen molar-refractivity contribution in [2.75, 3.05) is 18.4 Å². The number of nitrogens with zero attached hydrogens (tertiary/aromatic N) is 3. The molecule has 1 aliphatic heterocycles. The third-order valence-electron chi connectivity index (χ3n) is 5.57. The van der Waals surface area contributed by atoms with E-state index in [9.17, 15) is 4.79 Å². The van der Waals surface area contributed by atoms with Gasteiger partial charge in [-0.15, -0.1) is 11.3 Å². The Morgan fingerprint density at radius 1 is 1.17 bits per heavy atom. The standard InChI is InChI=1S/C23H21ClN4OS/c1-14(21-10-15-6-2-3-7-20(15)30-21)27-22-17-11-18(24)16(12-19(17)25-13-26-22)23(29)28-8-4-5-9-28/h2-3,6-7,10-14H,4-5,8-9H2,1H3,(H,25,26,27). The van der Waals surface area contributed by atoms with Gasteiger partial charge in [-0.1, -0.05) is 29.8 Å². The summed E-state index contributed by atoms with van der Waals surface area (Å²) in [6.07, 6.45) is 3.62. The summed E-state index contributed by atoms with van der Waals surface area (Å²) in [4.78, 5) is 24.8. The minimum atomic E-state index is -0.0221. The van der Waals surface area contributed by atoms with Crippen LogP contribution < -0.4 is 5.32 Å². The molecule has 1 saturated heterocycles. The van der Waals surface area contributed by atoms with Crippen molar-refractivity contribution in [1.82, 2.24) is 14.9 Å². The Kier molecular flexibility index (Phi) is 5.05. The molecule has 1 aliphatic rings. The summed E-state index contributed by atoms with van der Waals surface area (Å²) < 4.78 is 1.27. The fraction of sp³-hybridized carbons (Fsp3) is 0.261. The van der Waals surface area contributed by atoms with E-state index in [0.717, 1.165) is 31.3 Å². The first-order valence-corrected chi connectivity index (χ1v) is 11.3. The third kappa shape index (κ3) is 3.50. The van der Waals surface area contributed by atoms with E-state index < -0.39 is 0 Å². The minimum Gasteiger partial charge on any atom is -0.362 e. The van der Waals surface area contributed by atoms with E-state index in [0.29, 0.717) is 21.9 Å². The highest BCUT2D eigenvalue weighted by Crippen LogP contribution is 2.33. The molecule has 5 rings (SSSR count). The van der Waals surface area contributed by atoms with Gasteiger partial charge in [-0.05, 0) is 49.4 Å². The van der Waals surface area contributed by atoms with E-state index in [1.54, 1.807) is 23.5 Å². The lowest BCUT2D eigenvalue weighted by Gasteiger charge is -2.18. The molecule has 5 nitrogen and oxygen atoms in total. The summed E-state index contributed by atoms with van der Waals surface area (Å²) in [6.45, 7) is 3.69. The van der Waals surface area contributed by atoms with Crippen LogP contribution in [0, 0.1) is 0 Å². The molecule has 0 bridgehead atoms. The zero-order valence-corrected chi connectivity index (χ0v) is 18.1. The Balaban J connectivity index is 1.47. The van der Waals surface area contributed by atoms with Gasteiger partial charge >= 0.3 is 0 Å². The largest absolute Gasteiger partial charge is 0.362 e. The van der Waals surface area contributed by atoms with Crippen molar-refractivity contribution in [3.8, 4) is 0 Å². The van der Waals surface area contributed by atoms with E-state index in [2.05, 4.69) is 52.5 Å². The van der Waals surface area contributed by atoms with Gasteiger partial charge in [0.05, 0.1) is 22.1 Å². The first-order valence-electron chi connectivity index (χ1n) is 10.1. The number of benzene rings is 2. The van der Waals surface area contributed by atoms with E-state index in [1.807, 2.05) is 4.90 Å². The zero-order chi connectivity index (χ0) is 20.7. The van der Waals surface area contributed by atoms with Crippen molar-refractivity contribution in [2.24, 2.45) is 0 Å². The molecule has 2 aromatic carbocycles. The maximum atomic E-state index is 12.8. The minimum absolute atomic E-state index is 0.0221. The second kappa shape index (κ2) is 7.85. The molecule has 0 radical (unpaired) electrons. The van der Waals surface area contributed by atoms with Crippen LogP contribution in [0.5, 0.6) is 0 Å². The molecule has 0 aliphatic carbocycles. The molecule has 4 aromatic rings. The number of rotatable bonds is 4. The topological polar surface area (TPSA) is 58.1 Å². The first kappa shape index (κ1) is 19.3. The summed E-state index contributed by atoms with van der Waals surface area (Å²) in [5, 5.41) is 5.99. The summed E-state index contributed by atoms with van der Waals surface area (Å²) in [6, 6.07) is 14.2. The van der Waals surface area contributed by atoms with Gasteiger partial charge in [-0.2, -0.15) is 0 Å². The molecule has 152 valence electrons. The van der Waals surface area contributed by atoms with Gasteiger partial charge < -0.3 is 10.2 Å². The van der Waals surface area contributed by atoms with Crippen LogP contribution >= 0.6 is 22.9 Å². The molecule has 2 aromatic heterocycles. The molecule has 7 heteroatoms. The highest BCUT2D eigenvalue weighted by atomic mass is 35.5. The van der Waals surface area contributed by atoms with E-state index in [1.165, 1.54) is 21.3 Å². The van der Waals surface area contributed by atoms with Crippen molar-refractivity contribution in [1.29, 1.82) is 0 Å². The average Bonchev–Trinajstić information content (AvgIpc) is 3.43. The number of thiophene rings is 1. The predicted molar refractivity (Wildman–Crippen MR) is 124 cm³/mol. The van der Waals surface area contributed by atoms with Crippen molar-refractivity contribution in [2.45, 2.75) is 25.8 Å². The van der Waals surface area contributed by atoms with E-state index >= 15 is 0 Å². The number of hydrogen-bond acceptors (Lipinski definition) is 5. The van der Waals surface area contributed by atoms with Gasteiger partial charge in [0.2, 0.25) is 0 Å². The van der Waals surface area contributed by atoms with Crippen LogP contribution in [0.1, 0.15) is 41.0 Å². The molecule has 1 unspecified atom stereocenters. The van der Waals surface area contributed by atoms with Crippen LogP contribution in [-0.2, 0) is 0 Å². The number of nitrogens with one attached hydrogen (secondary N) is 1. The lowest BCUT2D eigenvalue weighted by molar-refractivity contribution is 0.0793. The SMILES string of the molecule is CC(Nc1ncnc2cc(C(=O)N3CCCC3)c(Cl)cc12)c1cc2ccccc2s1. The van der Waals surface area contributed by atoms with Crippen LogP contribution in [-0.4, -0.2) is 33.9 Å². The van der Waals surface area contributed by atoms with Gasteiger partial charge in [0.1, 0.15) is 12.1 Å². The van der Waals surface area contributed by atoms with Gasteiger partial charge in [0.25, 0.3) is 5.91 Å². The second-order valence-electron chi connectivity index (χ2n) is 7.62. The number of hydrogen-bond donors (Lipinski definition) is 1. The average molecular weight is 437 g/mol. The summed E-state index contributed by atoms with van der Waals surface area (Å²) in [7, 11) is 0. The summed E-state index contributed by atoms with van der Waals surface area (Å²) in [5.41, 5.74) is 1.22. The lowest BCUT2D eigenvalue weighted by Crippen LogP contribution is -2.27. The van der Waals surface area contributed by atoms with Crippen LogP contribution in [0.25, 0.3) is 21.0 Å². The van der Waals surface area contributed by atoms with Gasteiger partial charge in [0, 0.05) is 28.1 Å². The lowest BCUT2D eigenvalue weighted by atomic mass is 10.1. The Morgan fingerprint density at radius 2 is 1.97 bits per heavy atom. The van der Waals surface area contributed by atoms with Crippen LogP contribution in [0.2, 0.25) is 5.02 Å². The Hall–Kier alpha value is -2.70. The van der Waals surface area contributed by atoms with Gasteiger partial charge in [0.15, 0.2) is 0 Å². The molecule has 30 heavy (non-hydrogen) atoms. The van der Waals surface area contributed by atoms with Crippen LogP contribution in [0.4, 0.5) is 5.82 Å². The summed E-state index contributed by atoms with van der Waals surface area (Å²) in [5.74, 6) is 0.693. The number of amides is 1. The van der Waals surface area contributed by atoms with Crippen molar-refractivity contribution in [3.05, 3.63) is 64.3 Å². The molecule has 1 fully saturated rings. The van der Waals surface area contributed by atoms with Gasteiger partial charge in [-0.3, -0.25) is 4.79 Å². The zero-order valence-electron chi connectivity index (χ0n) is 16.6. The second-order valence-corrected chi connectivity index (χ2v) is 9.15. The number of carbonyl (C=O) groups is 1. The quantitative estimate of drug-likeness (QED) is 0.432. The normalized spacial score (nSPS) is 15.1. The number of fused-ring (bicyclic) bond motifs is 2. The number of carbonyl (C=O) groups excluding carboxylic acids is 1. The third-order valence-corrected chi connectivity index (χ3v) is 7.18. The van der Waals surface area contributed by atoms with E-state index in [-0.39, 0.29) is 11.9 Å². The smallest absolute Gasteiger partial charge is 0.255 e. The highest BCUT2D eigenvalue weighted by Gasteiger charge is 2.23. The molecular weight excluding hydrogens is 416 g/mol. The molecular formula is C23H21ClN4OS. The molecule has 1 atom stereocenters. The van der Waals surface area contributed by atoms with Crippen molar-refractivity contribution >= 4 is 55.7 Å². The highest BCUT2D eigenvalue weighted by molar-refractivity contribution is 7.19. The Labute approximate surface area is 183 Å². The maximum absolute atomic E-state index is 12.8. The molecule has 1 amide bonds. The summed E-state index contributed by atoms with van der Waals surface area (Å²) >= 11 is 8.30. The van der Waals surface area contributed by atoms with Crippen molar-refractivity contribution < 1.29 is 4.79 Å². The number of likely N-dealkylation sites (tertiary alicyclic amines) is 1.